The van der Waals surface area contributed by atoms with Gasteiger partial charge in [-0.25, -0.2) is 0 Å². The molecule has 1 amide bonds. The molecule has 3 N–H and O–H groups in total. The van der Waals surface area contributed by atoms with Crippen LogP contribution in [0.3, 0.4) is 0 Å². The van der Waals surface area contributed by atoms with E-state index in [1.807, 2.05) is 31.2 Å². The van der Waals surface area contributed by atoms with Crippen molar-refractivity contribution < 1.29 is 14.3 Å². The molecule has 0 spiro atoms. The van der Waals surface area contributed by atoms with Crippen LogP contribution >= 0.6 is 0 Å². The lowest BCUT2D eigenvalue weighted by Gasteiger charge is -2.13. The summed E-state index contributed by atoms with van der Waals surface area (Å²) in [5.74, 6) is 0.167. The minimum atomic E-state index is -0.476. The first-order valence-electron chi connectivity index (χ1n) is 6.43. The zero-order chi connectivity index (χ0) is 14.1. The van der Waals surface area contributed by atoms with Crippen LogP contribution < -0.4 is 15.8 Å². The van der Waals surface area contributed by atoms with Crippen molar-refractivity contribution in [3.8, 4) is 5.75 Å². The number of hydrogen-bond donors (Lipinski definition) is 2. The van der Waals surface area contributed by atoms with E-state index in [0.29, 0.717) is 18.4 Å². The van der Waals surface area contributed by atoms with E-state index in [9.17, 15) is 4.79 Å². The summed E-state index contributed by atoms with van der Waals surface area (Å²) in [6.07, 6.45) is 0. The summed E-state index contributed by atoms with van der Waals surface area (Å²) in [6.45, 7) is 6.18. The van der Waals surface area contributed by atoms with Crippen LogP contribution in [0.15, 0.2) is 24.3 Å². The lowest BCUT2D eigenvalue weighted by molar-refractivity contribution is -0.119. The highest BCUT2D eigenvalue weighted by molar-refractivity contribution is 5.75. The molecule has 0 aliphatic heterocycles. The third-order valence-electron chi connectivity index (χ3n) is 2.53. The van der Waals surface area contributed by atoms with Crippen molar-refractivity contribution >= 4 is 5.91 Å². The second-order valence-corrected chi connectivity index (χ2v) is 4.34. The molecule has 1 rings (SSSR count). The average Bonchev–Trinajstić information content (AvgIpc) is 2.41. The van der Waals surface area contributed by atoms with Gasteiger partial charge >= 0.3 is 0 Å². The fourth-order valence-electron chi connectivity index (χ4n) is 1.50. The van der Waals surface area contributed by atoms with E-state index in [1.54, 1.807) is 0 Å². The van der Waals surface area contributed by atoms with Gasteiger partial charge in [0.05, 0.1) is 6.61 Å². The molecule has 0 fully saturated rings. The molecule has 0 saturated carbocycles. The molecule has 1 atom stereocenters. The molecule has 0 saturated heterocycles. The van der Waals surface area contributed by atoms with Crippen molar-refractivity contribution in [2.75, 3.05) is 19.8 Å². The number of nitrogens with one attached hydrogen (secondary N) is 1. The van der Waals surface area contributed by atoms with Crippen LogP contribution in [-0.4, -0.2) is 31.8 Å². The maximum Gasteiger partial charge on any atom is 0.255 e. The predicted octanol–water partition coefficient (Wildman–Crippen LogP) is 1.07. The summed E-state index contributed by atoms with van der Waals surface area (Å²) in [7, 11) is 0. The Morgan fingerprint density at radius 2 is 2.05 bits per heavy atom. The highest BCUT2D eigenvalue weighted by atomic mass is 16.5. The zero-order valence-corrected chi connectivity index (χ0v) is 11.5. The molecule has 1 aromatic carbocycles. The smallest absolute Gasteiger partial charge is 0.255 e. The van der Waals surface area contributed by atoms with Gasteiger partial charge in [0.1, 0.15) is 5.75 Å². The van der Waals surface area contributed by atoms with Crippen molar-refractivity contribution in [1.29, 1.82) is 0 Å². The first-order chi connectivity index (χ1) is 9.11. The molecule has 1 aromatic rings. The molecule has 0 aliphatic carbocycles. The topological polar surface area (TPSA) is 73.6 Å². The largest absolute Gasteiger partial charge is 0.484 e. The van der Waals surface area contributed by atoms with E-state index < -0.39 is 5.91 Å². The molecule has 19 heavy (non-hydrogen) atoms. The molecule has 0 aliphatic rings. The number of ether oxygens (including phenoxy) is 2. The molecule has 5 nitrogen and oxygen atoms in total. The second-order valence-electron chi connectivity index (χ2n) is 4.34. The maximum atomic E-state index is 10.6. The van der Waals surface area contributed by atoms with Crippen molar-refractivity contribution in [3.63, 3.8) is 0 Å². The quantitative estimate of drug-likeness (QED) is 0.701. The number of carbonyl (C=O) groups is 1. The normalized spacial score (nSPS) is 12.1. The van der Waals surface area contributed by atoms with E-state index in [2.05, 4.69) is 12.2 Å². The van der Waals surface area contributed by atoms with Crippen molar-refractivity contribution in [2.45, 2.75) is 26.4 Å². The summed E-state index contributed by atoms with van der Waals surface area (Å²) in [6, 6.07) is 7.87. The first kappa shape index (κ1) is 15.5. The molecule has 106 valence electrons. The highest BCUT2D eigenvalue weighted by Crippen LogP contribution is 2.12. The highest BCUT2D eigenvalue weighted by Gasteiger charge is 2.02. The molecule has 1 unspecified atom stereocenters. The fourth-order valence-corrected chi connectivity index (χ4v) is 1.50. The van der Waals surface area contributed by atoms with E-state index in [1.165, 1.54) is 0 Å². The second kappa shape index (κ2) is 8.50. The number of benzene rings is 1. The van der Waals surface area contributed by atoms with Gasteiger partial charge in [-0.3, -0.25) is 4.79 Å². The van der Waals surface area contributed by atoms with Crippen LogP contribution in [0.1, 0.15) is 19.4 Å². The summed E-state index contributed by atoms with van der Waals surface area (Å²) >= 11 is 0. The lowest BCUT2D eigenvalue weighted by Crippen LogP contribution is -2.30. The van der Waals surface area contributed by atoms with Crippen LogP contribution in [0.5, 0.6) is 5.75 Å². The summed E-state index contributed by atoms with van der Waals surface area (Å²) in [5.41, 5.74) is 6.15. The van der Waals surface area contributed by atoms with Gasteiger partial charge in [0, 0.05) is 19.2 Å². The summed E-state index contributed by atoms with van der Waals surface area (Å²) in [5, 5.41) is 3.36. The van der Waals surface area contributed by atoms with Crippen LogP contribution in [0.4, 0.5) is 0 Å². The average molecular weight is 266 g/mol. The summed E-state index contributed by atoms with van der Waals surface area (Å²) in [4.78, 5) is 10.6. The van der Waals surface area contributed by atoms with Gasteiger partial charge in [0.2, 0.25) is 0 Å². The standard InChI is InChI=1S/C14H22N2O3/c1-3-18-9-11(2)16-8-12-4-6-13(7-5-12)19-10-14(15)17/h4-7,11,16H,3,8-10H2,1-2H3,(H2,15,17). The van der Waals surface area contributed by atoms with E-state index in [4.69, 9.17) is 15.2 Å². The molecular weight excluding hydrogens is 244 g/mol. The molecular formula is C14H22N2O3. The maximum absolute atomic E-state index is 10.6. The van der Waals surface area contributed by atoms with Gasteiger partial charge in [0.15, 0.2) is 6.61 Å². The Labute approximate surface area is 114 Å². The number of rotatable bonds is 9. The Hall–Kier alpha value is -1.59. The summed E-state index contributed by atoms with van der Waals surface area (Å²) < 4.78 is 10.5. The molecule has 5 heteroatoms. The van der Waals surface area contributed by atoms with Gasteiger partial charge in [-0.1, -0.05) is 12.1 Å². The SMILES string of the molecule is CCOCC(C)NCc1ccc(OCC(N)=O)cc1. The van der Waals surface area contributed by atoms with Crippen molar-refractivity contribution in [2.24, 2.45) is 5.73 Å². The lowest BCUT2D eigenvalue weighted by atomic mass is 10.2. The Morgan fingerprint density at radius 3 is 2.63 bits per heavy atom. The molecule has 0 bridgehead atoms. The Kier molecular flexibility index (Phi) is 6.92. The van der Waals surface area contributed by atoms with Crippen LogP contribution in [0, 0.1) is 0 Å². The number of carbonyl (C=O) groups excluding carboxylic acids is 1. The fraction of sp³-hybridized carbons (Fsp3) is 0.500. The number of amides is 1. The van der Waals surface area contributed by atoms with Gasteiger partial charge in [0.25, 0.3) is 5.91 Å². The van der Waals surface area contributed by atoms with Crippen LogP contribution in [0.2, 0.25) is 0 Å². The zero-order valence-electron chi connectivity index (χ0n) is 11.5. The molecule has 0 radical (unpaired) electrons. The van der Waals surface area contributed by atoms with Gasteiger partial charge in [-0.05, 0) is 31.5 Å². The van der Waals surface area contributed by atoms with Crippen LogP contribution in [-0.2, 0) is 16.1 Å². The monoisotopic (exact) mass is 266 g/mol. The number of hydrogen-bond acceptors (Lipinski definition) is 4. The Balaban J connectivity index is 2.33. The van der Waals surface area contributed by atoms with Gasteiger partial charge < -0.3 is 20.5 Å². The minimum Gasteiger partial charge on any atom is -0.484 e. The number of primary amides is 1. The third kappa shape index (κ3) is 6.79. The molecule has 0 aromatic heterocycles. The minimum absolute atomic E-state index is 0.0943. The molecule has 0 heterocycles. The Bertz CT molecular complexity index is 379. The van der Waals surface area contributed by atoms with E-state index in [-0.39, 0.29) is 6.61 Å². The predicted molar refractivity (Wildman–Crippen MR) is 73.9 cm³/mol. The van der Waals surface area contributed by atoms with Gasteiger partial charge in [-0.2, -0.15) is 0 Å². The Morgan fingerprint density at radius 1 is 1.37 bits per heavy atom. The van der Waals surface area contributed by atoms with Gasteiger partial charge in [-0.15, -0.1) is 0 Å². The third-order valence-corrected chi connectivity index (χ3v) is 2.53. The number of nitrogens with two attached hydrogens (primary N) is 1. The first-order valence-corrected chi connectivity index (χ1v) is 6.43. The van der Waals surface area contributed by atoms with Crippen molar-refractivity contribution in [3.05, 3.63) is 29.8 Å². The van der Waals surface area contributed by atoms with E-state index in [0.717, 1.165) is 18.7 Å². The van der Waals surface area contributed by atoms with E-state index >= 15 is 0 Å². The van der Waals surface area contributed by atoms with Crippen molar-refractivity contribution in [1.82, 2.24) is 5.32 Å². The van der Waals surface area contributed by atoms with Crippen LogP contribution in [0.25, 0.3) is 0 Å².